The van der Waals surface area contributed by atoms with Crippen molar-refractivity contribution in [2.45, 2.75) is 57.2 Å². The fraction of sp³-hybridized carbons (Fsp3) is 1.00. The molecule has 94 valence electrons. The Morgan fingerprint density at radius 2 is 2.38 bits per heavy atom. The van der Waals surface area contributed by atoms with E-state index in [4.69, 9.17) is 4.74 Å². The van der Waals surface area contributed by atoms with Gasteiger partial charge in [-0.15, -0.1) is 0 Å². The van der Waals surface area contributed by atoms with Crippen molar-refractivity contribution in [2.24, 2.45) is 0 Å². The summed E-state index contributed by atoms with van der Waals surface area (Å²) >= 11 is 0. The Labute approximate surface area is 99.5 Å². The Balaban J connectivity index is 1.83. The average molecular weight is 226 g/mol. The number of likely N-dealkylation sites (N-methyl/N-ethyl adjacent to an activating group) is 1. The molecular weight excluding hydrogens is 200 g/mol. The van der Waals surface area contributed by atoms with Gasteiger partial charge < -0.3 is 10.1 Å². The molecule has 2 fully saturated rings. The summed E-state index contributed by atoms with van der Waals surface area (Å²) in [5.41, 5.74) is 0. The molecule has 0 spiro atoms. The molecule has 0 bridgehead atoms. The molecular formula is C13H26N2O. The van der Waals surface area contributed by atoms with Gasteiger partial charge in [-0.05, 0) is 32.9 Å². The van der Waals surface area contributed by atoms with Crippen LogP contribution in [0.15, 0.2) is 0 Å². The lowest BCUT2D eigenvalue weighted by molar-refractivity contribution is -0.0648. The molecule has 2 aliphatic rings. The minimum atomic E-state index is 0.408. The van der Waals surface area contributed by atoms with Gasteiger partial charge in [-0.3, -0.25) is 4.90 Å². The van der Waals surface area contributed by atoms with E-state index in [-0.39, 0.29) is 0 Å². The fourth-order valence-electron chi connectivity index (χ4n) is 3.03. The number of ether oxygens (including phenoxy) is 1. The second-order valence-electron chi connectivity index (χ2n) is 5.20. The van der Waals surface area contributed by atoms with E-state index in [2.05, 4.69) is 24.2 Å². The molecule has 3 nitrogen and oxygen atoms in total. The maximum absolute atomic E-state index is 6.04. The third kappa shape index (κ3) is 2.76. The van der Waals surface area contributed by atoms with E-state index in [9.17, 15) is 0 Å². The zero-order chi connectivity index (χ0) is 11.4. The molecule has 2 saturated heterocycles. The van der Waals surface area contributed by atoms with Crippen molar-refractivity contribution in [1.82, 2.24) is 10.2 Å². The predicted octanol–water partition coefficient (Wildman–Crippen LogP) is 1.63. The highest BCUT2D eigenvalue weighted by Crippen LogP contribution is 2.24. The largest absolute Gasteiger partial charge is 0.374 e. The van der Waals surface area contributed by atoms with Crippen molar-refractivity contribution in [3.63, 3.8) is 0 Å². The number of unbranched alkanes of at least 4 members (excludes halogenated alkanes) is 1. The molecule has 0 aromatic carbocycles. The Bertz CT molecular complexity index is 210. The van der Waals surface area contributed by atoms with Gasteiger partial charge in [0, 0.05) is 18.6 Å². The molecule has 2 rings (SSSR count). The summed E-state index contributed by atoms with van der Waals surface area (Å²) in [6.07, 6.45) is 6.93. The van der Waals surface area contributed by atoms with Crippen LogP contribution in [0.5, 0.6) is 0 Å². The molecule has 3 unspecified atom stereocenters. The quantitative estimate of drug-likeness (QED) is 0.771. The SMILES string of the molecule is CCCCC(NC)C1CN2CCCC2CO1. The number of nitrogens with zero attached hydrogens (tertiary/aromatic N) is 1. The van der Waals surface area contributed by atoms with Gasteiger partial charge in [0.15, 0.2) is 0 Å². The summed E-state index contributed by atoms with van der Waals surface area (Å²) in [4.78, 5) is 2.63. The monoisotopic (exact) mass is 226 g/mol. The molecule has 16 heavy (non-hydrogen) atoms. The lowest BCUT2D eigenvalue weighted by Crippen LogP contribution is -2.53. The molecule has 0 aromatic heterocycles. The normalized spacial score (nSPS) is 32.6. The van der Waals surface area contributed by atoms with E-state index in [0.717, 1.165) is 19.2 Å². The first-order valence-corrected chi connectivity index (χ1v) is 6.88. The second-order valence-corrected chi connectivity index (χ2v) is 5.20. The van der Waals surface area contributed by atoms with Crippen LogP contribution in [-0.2, 0) is 4.74 Å². The molecule has 0 aliphatic carbocycles. The summed E-state index contributed by atoms with van der Waals surface area (Å²) in [7, 11) is 2.07. The third-order valence-corrected chi connectivity index (χ3v) is 4.10. The summed E-state index contributed by atoms with van der Waals surface area (Å²) in [5.74, 6) is 0. The Morgan fingerprint density at radius 1 is 1.50 bits per heavy atom. The van der Waals surface area contributed by atoms with Crippen molar-refractivity contribution in [3.05, 3.63) is 0 Å². The topological polar surface area (TPSA) is 24.5 Å². The van der Waals surface area contributed by atoms with Gasteiger partial charge >= 0.3 is 0 Å². The van der Waals surface area contributed by atoms with Crippen LogP contribution in [0.1, 0.15) is 39.0 Å². The minimum Gasteiger partial charge on any atom is -0.374 e. The second kappa shape index (κ2) is 5.99. The lowest BCUT2D eigenvalue weighted by atomic mass is 10.0. The van der Waals surface area contributed by atoms with Gasteiger partial charge in [0.05, 0.1) is 12.7 Å². The van der Waals surface area contributed by atoms with E-state index in [1.165, 1.54) is 38.6 Å². The molecule has 1 N–H and O–H groups in total. The first-order valence-electron chi connectivity index (χ1n) is 6.88. The molecule has 3 heteroatoms. The van der Waals surface area contributed by atoms with Crippen LogP contribution in [0.2, 0.25) is 0 Å². The first-order chi connectivity index (χ1) is 7.85. The number of rotatable bonds is 5. The van der Waals surface area contributed by atoms with E-state index < -0.39 is 0 Å². The molecule has 0 amide bonds. The number of fused-ring (bicyclic) bond motifs is 1. The first kappa shape index (κ1) is 12.3. The van der Waals surface area contributed by atoms with Crippen LogP contribution in [0.4, 0.5) is 0 Å². The number of nitrogens with one attached hydrogen (secondary N) is 1. The minimum absolute atomic E-state index is 0.408. The third-order valence-electron chi connectivity index (χ3n) is 4.10. The van der Waals surface area contributed by atoms with Crippen LogP contribution in [0.25, 0.3) is 0 Å². The summed E-state index contributed by atoms with van der Waals surface area (Å²) in [6.45, 7) is 5.63. The Kier molecular flexibility index (Phi) is 4.62. The van der Waals surface area contributed by atoms with Crippen molar-refractivity contribution >= 4 is 0 Å². The average Bonchev–Trinajstić information content (AvgIpc) is 2.77. The Hall–Kier alpha value is -0.120. The zero-order valence-corrected chi connectivity index (χ0v) is 10.7. The molecule has 2 heterocycles. The van der Waals surface area contributed by atoms with Gasteiger partial charge in [-0.1, -0.05) is 19.8 Å². The van der Waals surface area contributed by atoms with E-state index in [0.29, 0.717) is 12.1 Å². The highest BCUT2D eigenvalue weighted by atomic mass is 16.5. The summed E-state index contributed by atoms with van der Waals surface area (Å²) < 4.78 is 6.04. The van der Waals surface area contributed by atoms with Crippen LogP contribution in [-0.4, -0.2) is 49.8 Å². The molecule has 2 aliphatic heterocycles. The number of morpholine rings is 1. The predicted molar refractivity (Wildman–Crippen MR) is 66.7 cm³/mol. The maximum atomic E-state index is 6.04. The van der Waals surface area contributed by atoms with Gasteiger partial charge in [0.1, 0.15) is 0 Å². The highest BCUT2D eigenvalue weighted by molar-refractivity contribution is 4.89. The highest BCUT2D eigenvalue weighted by Gasteiger charge is 2.34. The Morgan fingerprint density at radius 3 is 3.12 bits per heavy atom. The maximum Gasteiger partial charge on any atom is 0.0855 e. The van der Waals surface area contributed by atoms with Gasteiger partial charge in [0.25, 0.3) is 0 Å². The van der Waals surface area contributed by atoms with Crippen molar-refractivity contribution in [3.8, 4) is 0 Å². The van der Waals surface area contributed by atoms with Crippen LogP contribution < -0.4 is 5.32 Å². The number of hydrogen-bond donors (Lipinski definition) is 1. The van der Waals surface area contributed by atoms with Crippen LogP contribution in [0.3, 0.4) is 0 Å². The van der Waals surface area contributed by atoms with Gasteiger partial charge in [-0.25, -0.2) is 0 Å². The van der Waals surface area contributed by atoms with Crippen LogP contribution in [0, 0.1) is 0 Å². The summed E-state index contributed by atoms with van der Waals surface area (Å²) in [6, 6.07) is 1.27. The number of hydrogen-bond acceptors (Lipinski definition) is 3. The fourth-order valence-corrected chi connectivity index (χ4v) is 3.03. The zero-order valence-electron chi connectivity index (χ0n) is 10.7. The van der Waals surface area contributed by atoms with E-state index in [1.54, 1.807) is 0 Å². The molecule has 3 atom stereocenters. The van der Waals surface area contributed by atoms with E-state index >= 15 is 0 Å². The van der Waals surface area contributed by atoms with Gasteiger partial charge in [-0.2, -0.15) is 0 Å². The van der Waals surface area contributed by atoms with Crippen molar-refractivity contribution in [2.75, 3.05) is 26.7 Å². The lowest BCUT2D eigenvalue weighted by Gasteiger charge is -2.38. The standard InChI is InChI=1S/C13H26N2O/c1-3-4-7-12(14-2)13-9-15-8-5-6-11(15)10-16-13/h11-14H,3-10H2,1-2H3. The molecule has 0 saturated carbocycles. The molecule has 0 aromatic rings. The van der Waals surface area contributed by atoms with Gasteiger partial charge in [0.2, 0.25) is 0 Å². The van der Waals surface area contributed by atoms with Crippen molar-refractivity contribution < 1.29 is 4.74 Å². The smallest absolute Gasteiger partial charge is 0.0855 e. The molecule has 0 radical (unpaired) electrons. The van der Waals surface area contributed by atoms with Crippen molar-refractivity contribution in [1.29, 1.82) is 0 Å². The van der Waals surface area contributed by atoms with E-state index in [1.807, 2.05) is 0 Å². The summed E-state index contributed by atoms with van der Waals surface area (Å²) in [5, 5.41) is 3.43. The van der Waals surface area contributed by atoms with Crippen LogP contribution >= 0.6 is 0 Å².